The summed E-state index contributed by atoms with van der Waals surface area (Å²) in [6, 6.07) is 0. The molecule has 0 aromatic heterocycles. The van der Waals surface area contributed by atoms with Gasteiger partial charge >= 0.3 is 0 Å². The maximum atomic E-state index is 5.60. The van der Waals surface area contributed by atoms with Crippen molar-refractivity contribution in [3.05, 3.63) is 0 Å². The van der Waals surface area contributed by atoms with Crippen LogP contribution in [0.3, 0.4) is 0 Å². The Morgan fingerprint density at radius 2 is 1.92 bits per heavy atom. The van der Waals surface area contributed by atoms with E-state index in [2.05, 4.69) is 36.7 Å². The van der Waals surface area contributed by atoms with Crippen molar-refractivity contribution in [3.8, 4) is 0 Å². The average molecular weight is 249 g/mol. The minimum absolute atomic E-state index is 0.580. The molecule has 0 radical (unpaired) electrons. The number of ether oxygens (including phenoxy) is 1. The highest BCUT2D eigenvalue weighted by molar-refractivity contribution is 9.09. The van der Waals surface area contributed by atoms with Gasteiger partial charge in [-0.15, -0.1) is 0 Å². The van der Waals surface area contributed by atoms with Gasteiger partial charge in [0.15, 0.2) is 0 Å². The monoisotopic (exact) mass is 248 g/mol. The van der Waals surface area contributed by atoms with E-state index in [4.69, 9.17) is 4.74 Å². The molecule has 1 aliphatic rings. The molecule has 0 aliphatic heterocycles. The second kappa shape index (κ2) is 4.79. The molecule has 1 atom stereocenters. The molecule has 78 valence electrons. The van der Waals surface area contributed by atoms with Crippen LogP contribution < -0.4 is 0 Å². The Morgan fingerprint density at radius 1 is 1.31 bits per heavy atom. The number of hydrogen-bond acceptors (Lipinski definition) is 1. The smallest absolute Gasteiger partial charge is 0.0488 e. The maximum Gasteiger partial charge on any atom is 0.0488 e. The Hall–Kier alpha value is 0.440. The van der Waals surface area contributed by atoms with Crippen LogP contribution in [0.1, 0.15) is 40.0 Å². The largest absolute Gasteiger partial charge is 0.381 e. The highest BCUT2D eigenvalue weighted by Gasteiger charge is 2.45. The molecule has 2 heteroatoms. The molecule has 1 saturated carbocycles. The van der Waals surface area contributed by atoms with Crippen molar-refractivity contribution in [3.63, 3.8) is 0 Å². The Morgan fingerprint density at radius 3 is 2.31 bits per heavy atom. The standard InChI is InChI=1S/C11H21BrO/c1-9(2)8-13-7-6-11(4-5-11)10(3)12/h9-10H,4-8H2,1-3H3. The van der Waals surface area contributed by atoms with Crippen LogP contribution in [-0.2, 0) is 4.74 Å². The van der Waals surface area contributed by atoms with Crippen molar-refractivity contribution in [1.82, 2.24) is 0 Å². The molecule has 0 aromatic carbocycles. The molecule has 1 aliphatic carbocycles. The molecule has 1 unspecified atom stereocenters. The number of hydrogen-bond donors (Lipinski definition) is 0. The molecule has 1 fully saturated rings. The molecule has 0 amide bonds. The topological polar surface area (TPSA) is 9.23 Å². The van der Waals surface area contributed by atoms with Crippen LogP contribution in [0.4, 0.5) is 0 Å². The first-order valence-corrected chi connectivity index (χ1v) is 6.20. The quantitative estimate of drug-likeness (QED) is 0.516. The fourth-order valence-corrected chi connectivity index (χ4v) is 2.29. The number of rotatable bonds is 6. The molecule has 0 aromatic rings. The summed E-state index contributed by atoms with van der Waals surface area (Å²) in [5.74, 6) is 0.663. The van der Waals surface area contributed by atoms with E-state index in [-0.39, 0.29) is 0 Å². The van der Waals surface area contributed by atoms with Crippen LogP contribution >= 0.6 is 15.9 Å². The summed E-state index contributed by atoms with van der Waals surface area (Å²) in [5, 5.41) is 0. The lowest BCUT2D eigenvalue weighted by Gasteiger charge is -2.18. The van der Waals surface area contributed by atoms with Crippen LogP contribution in [0.25, 0.3) is 0 Å². The van der Waals surface area contributed by atoms with Gasteiger partial charge in [0.2, 0.25) is 0 Å². The van der Waals surface area contributed by atoms with Crippen molar-refractivity contribution >= 4 is 15.9 Å². The fraction of sp³-hybridized carbons (Fsp3) is 1.00. The Labute approximate surface area is 90.4 Å². The molecule has 0 bridgehead atoms. The van der Waals surface area contributed by atoms with Crippen LogP contribution in [0.5, 0.6) is 0 Å². The van der Waals surface area contributed by atoms with Gasteiger partial charge in [0.25, 0.3) is 0 Å². The van der Waals surface area contributed by atoms with Gasteiger partial charge in [-0.1, -0.05) is 36.7 Å². The molecule has 13 heavy (non-hydrogen) atoms. The zero-order chi connectivity index (χ0) is 9.90. The Bertz CT molecular complexity index is 150. The van der Waals surface area contributed by atoms with Gasteiger partial charge in [0, 0.05) is 18.0 Å². The number of halogens is 1. The second-order valence-electron chi connectivity index (χ2n) is 4.70. The minimum atomic E-state index is 0.580. The summed E-state index contributed by atoms with van der Waals surface area (Å²) < 4.78 is 5.60. The van der Waals surface area contributed by atoms with Crippen molar-refractivity contribution in [2.45, 2.75) is 44.9 Å². The highest BCUT2D eigenvalue weighted by atomic mass is 79.9. The van der Waals surface area contributed by atoms with Gasteiger partial charge in [-0.3, -0.25) is 0 Å². The summed E-state index contributed by atoms with van der Waals surface area (Å²) >= 11 is 3.68. The van der Waals surface area contributed by atoms with E-state index in [1.54, 1.807) is 0 Å². The summed E-state index contributed by atoms with van der Waals surface area (Å²) in [6.45, 7) is 8.50. The first-order chi connectivity index (χ1) is 6.07. The molecule has 0 N–H and O–H groups in total. The highest BCUT2D eigenvalue weighted by Crippen LogP contribution is 2.54. The lowest BCUT2D eigenvalue weighted by molar-refractivity contribution is 0.0952. The van der Waals surface area contributed by atoms with Crippen molar-refractivity contribution < 1.29 is 4.74 Å². The van der Waals surface area contributed by atoms with Gasteiger partial charge in [-0.25, -0.2) is 0 Å². The molecule has 0 saturated heterocycles. The third-order valence-electron chi connectivity index (χ3n) is 2.93. The molecule has 0 heterocycles. The van der Waals surface area contributed by atoms with Gasteiger partial charge < -0.3 is 4.74 Å². The molecular formula is C11H21BrO. The zero-order valence-electron chi connectivity index (χ0n) is 8.98. The first kappa shape index (κ1) is 11.5. The van der Waals surface area contributed by atoms with Gasteiger partial charge in [0.1, 0.15) is 0 Å². The van der Waals surface area contributed by atoms with E-state index in [0.29, 0.717) is 16.2 Å². The van der Waals surface area contributed by atoms with Crippen LogP contribution in [0.15, 0.2) is 0 Å². The van der Waals surface area contributed by atoms with E-state index in [1.165, 1.54) is 19.3 Å². The lowest BCUT2D eigenvalue weighted by Crippen LogP contribution is -2.15. The van der Waals surface area contributed by atoms with Crippen LogP contribution in [-0.4, -0.2) is 18.0 Å². The third kappa shape index (κ3) is 3.59. The normalized spacial score (nSPS) is 21.9. The molecular weight excluding hydrogens is 228 g/mol. The van der Waals surface area contributed by atoms with Crippen molar-refractivity contribution in [2.24, 2.45) is 11.3 Å². The predicted molar refractivity (Wildman–Crippen MR) is 60.3 cm³/mol. The second-order valence-corrected chi connectivity index (χ2v) is 6.07. The zero-order valence-corrected chi connectivity index (χ0v) is 10.6. The van der Waals surface area contributed by atoms with Crippen molar-refractivity contribution in [1.29, 1.82) is 0 Å². The summed E-state index contributed by atoms with van der Waals surface area (Å²) in [7, 11) is 0. The Balaban J connectivity index is 2.06. The van der Waals surface area contributed by atoms with E-state index < -0.39 is 0 Å². The van der Waals surface area contributed by atoms with E-state index in [0.717, 1.165) is 13.2 Å². The van der Waals surface area contributed by atoms with Gasteiger partial charge in [0.05, 0.1) is 0 Å². The van der Waals surface area contributed by atoms with Gasteiger partial charge in [-0.05, 0) is 30.6 Å². The first-order valence-electron chi connectivity index (χ1n) is 5.29. The van der Waals surface area contributed by atoms with E-state index >= 15 is 0 Å². The van der Waals surface area contributed by atoms with Crippen molar-refractivity contribution in [2.75, 3.05) is 13.2 Å². The average Bonchev–Trinajstić information content (AvgIpc) is 2.78. The molecule has 1 rings (SSSR count). The Kier molecular flexibility index (Phi) is 4.24. The number of alkyl halides is 1. The minimum Gasteiger partial charge on any atom is -0.381 e. The van der Waals surface area contributed by atoms with E-state index in [9.17, 15) is 0 Å². The third-order valence-corrected chi connectivity index (χ3v) is 3.90. The molecule has 1 nitrogen and oxygen atoms in total. The van der Waals surface area contributed by atoms with Crippen LogP contribution in [0, 0.1) is 11.3 Å². The fourth-order valence-electron chi connectivity index (χ4n) is 1.60. The summed E-state index contributed by atoms with van der Waals surface area (Å²) in [5.41, 5.74) is 0.580. The maximum absolute atomic E-state index is 5.60. The predicted octanol–water partition coefficient (Wildman–Crippen LogP) is 3.61. The summed E-state index contributed by atoms with van der Waals surface area (Å²) in [4.78, 5) is 0.655. The van der Waals surface area contributed by atoms with E-state index in [1.807, 2.05) is 0 Å². The molecule has 0 spiro atoms. The lowest BCUT2D eigenvalue weighted by atomic mass is 10.00. The summed E-state index contributed by atoms with van der Waals surface area (Å²) in [6.07, 6.45) is 3.99. The SMILES string of the molecule is CC(C)COCCC1(C(C)Br)CC1. The van der Waals surface area contributed by atoms with Gasteiger partial charge in [-0.2, -0.15) is 0 Å². The van der Waals surface area contributed by atoms with Crippen LogP contribution in [0.2, 0.25) is 0 Å².